The summed E-state index contributed by atoms with van der Waals surface area (Å²) in [6, 6.07) is 1.97. The van der Waals surface area contributed by atoms with E-state index in [0.717, 1.165) is 10.2 Å². The Balaban J connectivity index is 2.16. The normalized spacial score (nSPS) is 10.7. The largest absolute Gasteiger partial charge is 0.475 e. The highest BCUT2D eigenvalue weighted by Gasteiger charge is 2.09. The molecule has 0 aromatic carbocycles. The minimum atomic E-state index is 0.499. The summed E-state index contributed by atoms with van der Waals surface area (Å²) in [5, 5.41) is 5.85. The highest BCUT2D eigenvalue weighted by Crippen LogP contribution is 2.27. The number of hydrogen-bond donors (Lipinski definition) is 1. The van der Waals surface area contributed by atoms with Gasteiger partial charge in [0, 0.05) is 13.7 Å². The van der Waals surface area contributed by atoms with Crippen molar-refractivity contribution < 1.29 is 9.47 Å². The van der Waals surface area contributed by atoms with Crippen LogP contribution in [0.1, 0.15) is 6.92 Å². The molecule has 0 unspecified atom stereocenters. The van der Waals surface area contributed by atoms with Crippen LogP contribution in [0.5, 0.6) is 5.88 Å². The summed E-state index contributed by atoms with van der Waals surface area (Å²) in [6.45, 7) is 3.73. The molecule has 0 saturated heterocycles. The molecule has 2 rings (SSSR count). The van der Waals surface area contributed by atoms with E-state index < -0.39 is 0 Å². The predicted molar refractivity (Wildman–Crippen MR) is 68.9 cm³/mol. The summed E-state index contributed by atoms with van der Waals surface area (Å²) in [5.41, 5.74) is 0. The lowest BCUT2D eigenvalue weighted by Crippen LogP contribution is -2.08. The number of hydrogen-bond acceptors (Lipinski definition) is 6. The number of anilines is 1. The number of fused-ring (bicyclic) bond motifs is 1. The van der Waals surface area contributed by atoms with Gasteiger partial charge in [-0.3, -0.25) is 0 Å². The summed E-state index contributed by atoms with van der Waals surface area (Å²) in [7, 11) is 1.79. The quantitative estimate of drug-likeness (QED) is 0.799. The minimum absolute atomic E-state index is 0.499. The van der Waals surface area contributed by atoms with Crippen molar-refractivity contribution in [2.24, 2.45) is 0 Å². The fraction of sp³-hybridized carbons (Fsp3) is 0.455. The zero-order valence-electron chi connectivity index (χ0n) is 9.90. The second-order valence-electron chi connectivity index (χ2n) is 3.29. The number of aromatic nitrogens is 2. The standard InChI is InChI=1S/C11H15N3O2S/c1-3-15-5-6-16-9-8-4-7-17-10(8)14-11(12-2)13-9/h4,7H,3,5-6H2,1-2H3,(H,12,13,14). The Labute approximate surface area is 104 Å². The van der Waals surface area contributed by atoms with Gasteiger partial charge in [-0.15, -0.1) is 11.3 Å². The van der Waals surface area contributed by atoms with E-state index >= 15 is 0 Å². The van der Waals surface area contributed by atoms with Gasteiger partial charge in [-0.2, -0.15) is 4.98 Å². The van der Waals surface area contributed by atoms with E-state index in [0.29, 0.717) is 31.6 Å². The van der Waals surface area contributed by atoms with Gasteiger partial charge in [-0.1, -0.05) is 0 Å². The van der Waals surface area contributed by atoms with Crippen LogP contribution in [0.15, 0.2) is 11.4 Å². The third-order valence-corrected chi connectivity index (χ3v) is 2.99. The number of ether oxygens (including phenoxy) is 2. The van der Waals surface area contributed by atoms with Gasteiger partial charge >= 0.3 is 0 Å². The highest BCUT2D eigenvalue weighted by atomic mass is 32.1. The van der Waals surface area contributed by atoms with Crippen molar-refractivity contribution >= 4 is 27.5 Å². The molecule has 0 aliphatic heterocycles. The van der Waals surface area contributed by atoms with Gasteiger partial charge < -0.3 is 14.8 Å². The molecule has 2 heterocycles. The maximum absolute atomic E-state index is 5.61. The third kappa shape index (κ3) is 2.83. The zero-order valence-corrected chi connectivity index (χ0v) is 10.7. The van der Waals surface area contributed by atoms with Gasteiger partial charge in [0.25, 0.3) is 0 Å². The Morgan fingerprint density at radius 2 is 2.24 bits per heavy atom. The van der Waals surface area contributed by atoms with Gasteiger partial charge in [0.1, 0.15) is 11.4 Å². The smallest absolute Gasteiger partial charge is 0.227 e. The lowest BCUT2D eigenvalue weighted by molar-refractivity contribution is 0.109. The van der Waals surface area contributed by atoms with Crippen LogP contribution >= 0.6 is 11.3 Å². The van der Waals surface area contributed by atoms with E-state index in [-0.39, 0.29) is 0 Å². The maximum Gasteiger partial charge on any atom is 0.227 e. The lowest BCUT2D eigenvalue weighted by atomic mass is 10.4. The molecule has 0 radical (unpaired) electrons. The molecule has 2 aromatic rings. The topological polar surface area (TPSA) is 56.3 Å². The molecule has 0 fully saturated rings. The third-order valence-electron chi connectivity index (χ3n) is 2.18. The second-order valence-corrected chi connectivity index (χ2v) is 4.18. The summed E-state index contributed by atoms with van der Waals surface area (Å²) in [6.07, 6.45) is 0. The first-order valence-electron chi connectivity index (χ1n) is 5.48. The van der Waals surface area contributed by atoms with Crippen LogP contribution in [0.2, 0.25) is 0 Å². The molecule has 5 nitrogen and oxygen atoms in total. The molecule has 6 heteroatoms. The average molecular weight is 253 g/mol. The average Bonchev–Trinajstić information content (AvgIpc) is 2.82. The van der Waals surface area contributed by atoms with E-state index in [1.54, 1.807) is 18.4 Å². The predicted octanol–water partition coefficient (Wildman–Crippen LogP) is 2.15. The van der Waals surface area contributed by atoms with Crippen LogP contribution in [-0.2, 0) is 4.74 Å². The molecule has 2 aromatic heterocycles. The van der Waals surface area contributed by atoms with Crippen LogP contribution in [0.4, 0.5) is 5.95 Å². The second kappa shape index (κ2) is 5.79. The Morgan fingerprint density at radius 3 is 3.00 bits per heavy atom. The Morgan fingerprint density at radius 1 is 1.35 bits per heavy atom. The van der Waals surface area contributed by atoms with E-state index in [2.05, 4.69) is 15.3 Å². The first-order valence-corrected chi connectivity index (χ1v) is 6.36. The maximum atomic E-state index is 5.61. The van der Waals surface area contributed by atoms with Crippen molar-refractivity contribution in [3.05, 3.63) is 11.4 Å². The number of thiophene rings is 1. The monoisotopic (exact) mass is 253 g/mol. The molecule has 92 valence electrons. The lowest BCUT2D eigenvalue weighted by Gasteiger charge is -2.07. The van der Waals surface area contributed by atoms with Crippen LogP contribution < -0.4 is 10.1 Å². The summed E-state index contributed by atoms with van der Waals surface area (Å²) in [5.74, 6) is 1.19. The Kier molecular flexibility index (Phi) is 4.11. The molecule has 0 amide bonds. The number of nitrogens with one attached hydrogen (secondary N) is 1. The van der Waals surface area contributed by atoms with Crippen LogP contribution in [-0.4, -0.2) is 36.8 Å². The van der Waals surface area contributed by atoms with Crippen LogP contribution in [0.3, 0.4) is 0 Å². The van der Waals surface area contributed by atoms with E-state index in [4.69, 9.17) is 9.47 Å². The molecule has 0 bridgehead atoms. The van der Waals surface area contributed by atoms with Crippen LogP contribution in [0.25, 0.3) is 10.2 Å². The molecule has 1 N–H and O–H groups in total. The van der Waals surface area contributed by atoms with Crippen molar-refractivity contribution in [2.75, 3.05) is 32.2 Å². The molecule has 0 atom stereocenters. The molecular weight excluding hydrogens is 238 g/mol. The summed E-state index contributed by atoms with van der Waals surface area (Å²) >= 11 is 1.57. The molecule has 0 saturated carbocycles. The molecule has 17 heavy (non-hydrogen) atoms. The van der Waals surface area contributed by atoms with E-state index in [1.165, 1.54) is 0 Å². The van der Waals surface area contributed by atoms with E-state index in [1.807, 2.05) is 18.4 Å². The fourth-order valence-electron chi connectivity index (χ4n) is 1.39. The summed E-state index contributed by atoms with van der Waals surface area (Å²) < 4.78 is 10.8. The SMILES string of the molecule is CCOCCOc1nc(NC)nc2sccc12. The van der Waals surface area contributed by atoms with Crippen molar-refractivity contribution in [2.45, 2.75) is 6.92 Å². The van der Waals surface area contributed by atoms with Gasteiger partial charge in [0.05, 0.1) is 12.0 Å². The zero-order chi connectivity index (χ0) is 12.1. The Hall–Kier alpha value is -1.40. The first-order chi connectivity index (χ1) is 8.35. The Bertz CT molecular complexity index is 487. The molecule has 0 aliphatic carbocycles. The number of rotatable bonds is 6. The van der Waals surface area contributed by atoms with Crippen LogP contribution in [0, 0.1) is 0 Å². The van der Waals surface area contributed by atoms with Crippen molar-refractivity contribution in [3.63, 3.8) is 0 Å². The molecular formula is C11H15N3O2S. The minimum Gasteiger partial charge on any atom is -0.475 e. The molecule has 0 aliphatic rings. The van der Waals surface area contributed by atoms with Gasteiger partial charge in [0.2, 0.25) is 11.8 Å². The van der Waals surface area contributed by atoms with Crippen molar-refractivity contribution in [3.8, 4) is 5.88 Å². The van der Waals surface area contributed by atoms with Crippen molar-refractivity contribution in [1.29, 1.82) is 0 Å². The first kappa shape index (κ1) is 12.1. The van der Waals surface area contributed by atoms with Gasteiger partial charge in [-0.25, -0.2) is 4.98 Å². The fourth-order valence-corrected chi connectivity index (χ4v) is 2.15. The van der Waals surface area contributed by atoms with E-state index in [9.17, 15) is 0 Å². The summed E-state index contributed by atoms with van der Waals surface area (Å²) in [4.78, 5) is 9.57. The van der Waals surface area contributed by atoms with Crippen molar-refractivity contribution in [1.82, 2.24) is 9.97 Å². The van der Waals surface area contributed by atoms with Gasteiger partial charge in [0.15, 0.2) is 0 Å². The molecule has 0 spiro atoms. The van der Waals surface area contributed by atoms with Gasteiger partial charge in [-0.05, 0) is 18.4 Å². The highest BCUT2D eigenvalue weighted by molar-refractivity contribution is 7.16. The number of nitrogens with zero attached hydrogens (tertiary/aromatic N) is 2.